The Morgan fingerprint density at radius 2 is 1.50 bits per heavy atom. The fourth-order valence-corrected chi connectivity index (χ4v) is 5.49. The maximum absolute atomic E-state index is 13.6. The average Bonchev–Trinajstić information content (AvgIpc) is 3.02. The summed E-state index contributed by atoms with van der Waals surface area (Å²) in [6.45, 7) is 14.9. The highest BCUT2D eigenvalue weighted by atomic mass is 19.4. The smallest absolute Gasteiger partial charge is 0.475 e. The monoisotopic (exact) mass is 637 g/mol. The van der Waals surface area contributed by atoms with Crippen LogP contribution in [0.3, 0.4) is 0 Å². The van der Waals surface area contributed by atoms with E-state index in [0.29, 0.717) is 6.54 Å². The number of hydrogen-bond donors (Lipinski definition) is 2. The SMILES string of the molecule is C=C(C)c1cccc(C(C)(C)NC(=O)N(CCCN2CCC(Cc3ccccc3)CC2)Cc2ccccc2)c1.O=C(O)C(F)(F)F. The summed E-state index contributed by atoms with van der Waals surface area (Å²) in [5, 5.41) is 10.4. The predicted octanol–water partition coefficient (Wildman–Crippen LogP) is 8.14. The van der Waals surface area contributed by atoms with Crippen LogP contribution in [0.4, 0.5) is 18.0 Å². The van der Waals surface area contributed by atoms with Gasteiger partial charge in [-0.1, -0.05) is 91.0 Å². The number of nitrogens with zero attached hydrogens (tertiary/aromatic N) is 2. The van der Waals surface area contributed by atoms with Crippen molar-refractivity contribution in [2.45, 2.75) is 64.7 Å². The molecular formula is C37H46F3N3O3. The molecule has 4 rings (SSSR count). The number of carboxylic acids is 1. The average molecular weight is 638 g/mol. The molecule has 1 saturated heterocycles. The van der Waals surface area contributed by atoms with Crippen LogP contribution < -0.4 is 5.32 Å². The van der Waals surface area contributed by atoms with Gasteiger partial charge in [0.25, 0.3) is 0 Å². The molecule has 9 heteroatoms. The first-order chi connectivity index (χ1) is 21.7. The van der Waals surface area contributed by atoms with Gasteiger partial charge in [0.05, 0.1) is 5.54 Å². The largest absolute Gasteiger partial charge is 0.490 e. The molecule has 0 atom stereocenters. The molecule has 0 aromatic heterocycles. The van der Waals surface area contributed by atoms with E-state index in [-0.39, 0.29) is 6.03 Å². The molecule has 0 saturated carbocycles. The molecule has 3 aromatic carbocycles. The molecule has 1 aliphatic heterocycles. The highest BCUT2D eigenvalue weighted by Gasteiger charge is 2.38. The topological polar surface area (TPSA) is 72.9 Å². The molecular weight excluding hydrogens is 591 g/mol. The second-order valence-corrected chi connectivity index (χ2v) is 12.5. The van der Waals surface area contributed by atoms with Crippen LogP contribution in [-0.4, -0.2) is 59.3 Å². The molecule has 248 valence electrons. The summed E-state index contributed by atoms with van der Waals surface area (Å²) in [5.74, 6) is -1.98. The molecule has 0 spiro atoms. The number of halogens is 3. The van der Waals surface area contributed by atoms with E-state index in [0.717, 1.165) is 60.8 Å². The molecule has 0 radical (unpaired) electrons. The Labute approximate surface area is 270 Å². The molecule has 1 aliphatic rings. The molecule has 1 fully saturated rings. The maximum atomic E-state index is 13.6. The van der Waals surface area contributed by atoms with Gasteiger partial charge in [-0.2, -0.15) is 13.2 Å². The number of carbonyl (C=O) groups excluding carboxylic acids is 1. The van der Waals surface area contributed by atoms with Gasteiger partial charge in [0.2, 0.25) is 0 Å². The van der Waals surface area contributed by atoms with E-state index >= 15 is 0 Å². The second kappa shape index (κ2) is 17.0. The zero-order valence-electron chi connectivity index (χ0n) is 27.0. The van der Waals surface area contributed by atoms with Crippen LogP contribution in [0.15, 0.2) is 91.5 Å². The standard InChI is InChI=1S/C35H45N3O.C2HF3O2/c1-28(2)32-17-11-18-33(26-32)35(3,4)36-34(39)38(27-31-15-9-6-10-16-31)22-12-21-37-23-19-30(20-24-37)25-29-13-7-5-8-14-29;3-2(4,5)1(6)7/h5-11,13-18,26,30H,1,12,19-25,27H2,2-4H3,(H,36,39);(H,6,7). The molecule has 2 N–H and O–H groups in total. The minimum atomic E-state index is -5.08. The number of piperidine rings is 1. The van der Waals surface area contributed by atoms with Crippen LogP contribution in [0.2, 0.25) is 0 Å². The maximum Gasteiger partial charge on any atom is 0.490 e. The van der Waals surface area contributed by atoms with Crippen LogP contribution in [0.5, 0.6) is 0 Å². The van der Waals surface area contributed by atoms with E-state index in [2.05, 4.69) is 91.3 Å². The van der Waals surface area contributed by atoms with Crippen LogP contribution in [-0.2, 0) is 23.3 Å². The Hall–Kier alpha value is -4.11. The number of aliphatic carboxylic acids is 1. The Morgan fingerprint density at radius 1 is 0.935 bits per heavy atom. The number of alkyl halides is 3. The third-order valence-electron chi connectivity index (χ3n) is 8.22. The van der Waals surface area contributed by atoms with Gasteiger partial charge in [-0.25, -0.2) is 9.59 Å². The van der Waals surface area contributed by atoms with Crippen LogP contribution >= 0.6 is 0 Å². The lowest BCUT2D eigenvalue weighted by molar-refractivity contribution is -0.192. The fourth-order valence-electron chi connectivity index (χ4n) is 5.49. The van der Waals surface area contributed by atoms with Crippen LogP contribution in [0.25, 0.3) is 5.57 Å². The zero-order valence-corrected chi connectivity index (χ0v) is 27.0. The summed E-state index contributed by atoms with van der Waals surface area (Å²) in [6.07, 6.45) is -0.430. The van der Waals surface area contributed by atoms with Gasteiger partial charge in [0, 0.05) is 13.1 Å². The van der Waals surface area contributed by atoms with E-state index in [9.17, 15) is 18.0 Å². The second-order valence-electron chi connectivity index (χ2n) is 12.5. The van der Waals surface area contributed by atoms with E-state index in [1.54, 1.807) is 0 Å². The Kier molecular flexibility index (Phi) is 13.4. The van der Waals surface area contributed by atoms with Crippen molar-refractivity contribution in [3.8, 4) is 0 Å². The number of carboxylic acid groups (broad SMARTS) is 1. The summed E-state index contributed by atoms with van der Waals surface area (Å²) in [7, 11) is 0. The van der Waals surface area contributed by atoms with Crippen molar-refractivity contribution in [1.29, 1.82) is 0 Å². The third-order valence-corrected chi connectivity index (χ3v) is 8.22. The summed E-state index contributed by atoms with van der Waals surface area (Å²) >= 11 is 0. The Bertz CT molecular complexity index is 1400. The zero-order chi connectivity index (χ0) is 33.7. The summed E-state index contributed by atoms with van der Waals surface area (Å²) in [4.78, 5) is 27.1. The first-order valence-electron chi connectivity index (χ1n) is 15.7. The van der Waals surface area contributed by atoms with Crippen molar-refractivity contribution < 1.29 is 27.9 Å². The van der Waals surface area contributed by atoms with Crippen LogP contribution in [0.1, 0.15) is 62.3 Å². The number of hydrogen-bond acceptors (Lipinski definition) is 3. The molecule has 6 nitrogen and oxygen atoms in total. The quantitative estimate of drug-likeness (QED) is 0.223. The van der Waals surface area contributed by atoms with Gasteiger partial charge in [-0.15, -0.1) is 0 Å². The van der Waals surface area contributed by atoms with E-state index in [1.807, 2.05) is 36.1 Å². The predicted molar refractivity (Wildman–Crippen MR) is 177 cm³/mol. The van der Waals surface area contributed by atoms with Gasteiger partial charge in [-0.3, -0.25) is 0 Å². The number of urea groups is 1. The van der Waals surface area contributed by atoms with E-state index in [1.165, 1.54) is 24.8 Å². The van der Waals surface area contributed by atoms with E-state index in [4.69, 9.17) is 9.90 Å². The lowest BCUT2D eigenvalue weighted by atomic mass is 9.90. The number of carbonyl (C=O) groups is 2. The lowest BCUT2D eigenvalue weighted by Gasteiger charge is -2.34. The highest BCUT2D eigenvalue weighted by molar-refractivity contribution is 5.75. The molecule has 46 heavy (non-hydrogen) atoms. The van der Waals surface area contributed by atoms with Gasteiger partial charge in [-0.05, 0) is 100 Å². The van der Waals surface area contributed by atoms with Gasteiger partial charge < -0.3 is 20.2 Å². The van der Waals surface area contributed by atoms with Gasteiger partial charge >= 0.3 is 18.2 Å². The molecule has 3 aromatic rings. The van der Waals surface area contributed by atoms with Crippen molar-refractivity contribution >= 4 is 17.6 Å². The first kappa shape index (κ1) is 36.4. The number of amides is 2. The van der Waals surface area contributed by atoms with Crippen molar-refractivity contribution in [1.82, 2.24) is 15.1 Å². The number of rotatable bonds is 11. The Morgan fingerprint density at radius 3 is 2.04 bits per heavy atom. The molecule has 0 unspecified atom stereocenters. The normalized spacial score (nSPS) is 14.1. The van der Waals surface area contributed by atoms with Crippen LogP contribution in [0, 0.1) is 5.92 Å². The fraction of sp³-hybridized carbons (Fsp3) is 0.405. The summed E-state index contributed by atoms with van der Waals surface area (Å²) in [6, 6.07) is 29.5. The minimum Gasteiger partial charge on any atom is -0.475 e. The summed E-state index contributed by atoms with van der Waals surface area (Å²) in [5.41, 5.74) is 5.30. The molecule has 2 amide bonds. The minimum absolute atomic E-state index is 0.0221. The number of nitrogens with one attached hydrogen (secondary N) is 1. The van der Waals surface area contributed by atoms with Crippen molar-refractivity contribution in [3.63, 3.8) is 0 Å². The third kappa shape index (κ3) is 12.0. The molecule has 0 bridgehead atoms. The van der Waals surface area contributed by atoms with Crippen molar-refractivity contribution in [2.75, 3.05) is 26.2 Å². The van der Waals surface area contributed by atoms with Gasteiger partial charge in [0.15, 0.2) is 0 Å². The lowest BCUT2D eigenvalue weighted by Crippen LogP contribution is -2.49. The summed E-state index contributed by atoms with van der Waals surface area (Å²) < 4.78 is 31.7. The highest BCUT2D eigenvalue weighted by Crippen LogP contribution is 2.25. The van der Waals surface area contributed by atoms with Crippen molar-refractivity contribution in [2.24, 2.45) is 5.92 Å². The van der Waals surface area contributed by atoms with Gasteiger partial charge in [0.1, 0.15) is 0 Å². The number of benzene rings is 3. The number of allylic oxidation sites excluding steroid dienone is 1. The molecule has 1 heterocycles. The van der Waals surface area contributed by atoms with E-state index < -0.39 is 17.7 Å². The Balaban J connectivity index is 0.000000738. The molecule has 0 aliphatic carbocycles. The number of likely N-dealkylation sites (tertiary alicyclic amines) is 1. The first-order valence-corrected chi connectivity index (χ1v) is 15.7. The van der Waals surface area contributed by atoms with Crippen molar-refractivity contribution in [3.05, 3.63) is 114 Å².